The Balaban J connectivity index is 3.15. The van der Waals surface area contributed by atoms with E-state index in [0.29, 0.717) is 24.3 Å². The zero-order valence-electron chi connectivity index (χ0n) is 7.31. The smallest absolute Gasteiger partial charge is 0.174 e. The third-order valence-corrected chi connectivity index (χ3v) is 3.55. The highest BCUT2D eigenvalue weighted by molar-refractivity contribution is 8.76. The molecule has 6 heteroatoms. The Bertz CT molecular complexity index is 174. The third-order valence-electron chi connectivity index (χ3n) is 1.08. The number of rotatable bonds is 7. The van der Waals surface area contributed by atoms with E-state index >= 15 is 0 Å². The summed E-state index contributed by atoms with van der Waals surface area (Å²) in [5.41, 5.74) is 0. The van der Waals surface area contributed by atoms with Crippen molar-refractivity contribution in [3.63, 3.8) is 0 Å². The molecular weight excluding hydrogens is 236 g/mol. The van der Waals surface area contributed by atoms with E-state index in [1.165, 1.54) is 21.6 Å². The second-order valence-corrected chi connectivity index (χ2v) is 4.91. The van der Waals surface area contributed by atoms with Gasteiger partial charge >= 0.3 is 0 Å². The average molecular weight is 246 g/mol. The molecule has 0 heterocycles. The van der Waals surface area contributed by atoms with Crippen LogP contribution in [0, 0.1) is 0 Å². The first kappa shape index (κ1) is 13.9. The molecule has 0 bridgehead atoms. The highest BCUT2D eigenvalue weighted by Gasteiger charge is 1.92. The molecule has 0 spiro atoms. The minimum Gasteiger partial charge on any atom is -0.174 e. The van der Waals surface area contributed by atoms with Crippen LogP contribution < -0.4 is 0 Å². The largest absolute Gasteiger partial charge is 0.266 e. The maximum Gasteiger partial charge on any atom is 0.266 e. The monoisotopic (exact) mass is 246 g/mol. The van der Waals surface area contributed by atoms with E-state index in [0.717, 1.165) is 12.2 Å². The molecule has 0 aliphatic rings. The normalized spacial score (nSPS) is 9.71. The fourth-order valence-corrected chi connectivity index (χ4v) is 2.50. The lowest BCUT2D eigenvalue weighted by molar-refractivity contribution is 0.417. The van der Waals surface area contributed by atoms with Gasteiger partial charge in [0.1, 0.15) is 0 Å². The van der Waals surface area contributed by atoms with Crippen LogP contribution >= 0.6 is 21.6 Å². The maximum atomic E-state index is 11.5. The second kappa shape index (κ2) is 9.45. The molecule has 0 rings (SSSR count). The predicted molar refractivity (Wildman–Crippen MR) is 54.7 cm³/mol. The van der Waals surface area contributed by atoms with Gasteiger partial charge in [-0.25, -0.2) is 0 Å². The minimum absolute atomic E-state index is 0.313. The van der Waals surface area contributed by atoms with Gasteiger partial charge in [-0.2, -0.15) is 17.6 Å². The average Bonchev–Trinajstić information content (AvgIpc) is 2.08. The van der Waals surface area contributed by atoms with E-state index in [4.69, 9.17) is 0 Å². The summed E-state index contributed by atoms with van der Waals surface area (Å²) in [6, 6.07) is 0. The summed E-state index contributed by atoms with van der Waals surface area (Å²) in [4.78, 5) is 0. The van der Waals surface area contributed by atoms with Gasteiger partial charge in [0.05, 0.1) is 0 Å². The molecule has 0 N–H and O–H groups in total. The first-order chi connectivity index (χ1) is 6.63. The quantitative estimate of drug-likeness (QED) is 0.362. The zero-order chi connectivity index (χ0) is 10.8. The predicted octanol–water partition coefficient (Wildman–Crippen LogP) is 4.71. The highest BCUT2D eigenvalue weighted by Crippen LogP contribution is 2.23. The molecule has 0 saturated carbocycles. The van der Waals surface area contributed by atoms with Crippen LogP contribution in [0.5, 0.6) is 0 Å². The third kappa shape index (κ3) is 11.9. The van der Waals surface area contributed by atoms with Gasteiger partial charge in [-0.15, -0.1) is 0 Å². The summed E-state index contributed by atoms with van der Waals surface area (Å²) in [5, 5.41) is 0. The SMILES string of the molecule is FC(F)=CCCSSCCC=C(F)F. The topological polar surface area (TPSA) is 0 Å². The van der Waals surface area contributed by atoms with Crippen LogP contribution in [0.15, 0.2) is 24.3 Å². The molecule has 0 aromatic heterocycles. The van der Waals surface area contributed by atoms with Gasteiger partial charge in [0.2, 0.25) is 0 Å². The van der Waals surface area contributed by atoms with Crippen LogP contribution in [-0.4, -0.2) is 11.5 Å². The van der Waals surface area contributed by atoms with E-state index in [2.05, 4.69) is 0 Å². The van der Waals surface area contributed by atoms with Crippen molar-refractivity contribution in [2.75, 3.05) is 11.5 Å². The van der Waals surface area contributed by atoms with Crippen LogP contribution in [-0.2, 0) is 0 Å². The van der Waals surface area contributed by atoms with E-state index in [1.807, 2.05) is 0 Å². The Kier molecular flexibility index (Phi) is 9.39. The molecule has 0 aliphatic carbocycles. The number of hydrogen-bond donors (Lipinski definition) is 0. The van der Waals surface area contributed by atoms with Crippen molar-refractivity contribution in [1.29, 1.82) is 0 Å². The summed E-state index contributed by atoms with van der Waals surface area (Å²) in [7, 11) is 2.82. The first-order valence-electron chi connectivity index (χ1n) is 3.89. The molecule has 0 saturated heterocycles. The second-order valence-electron chi connectivity index (χ2n) is 2.21. The lowest BCUT2D eigenvalue weighted by Crippen LogP contribution is -1.76. The summed E-state index contributed by atoms with van der Waals surface area (Å²) in [5.74, 6) is 1.15. The zero-order valence-corrected chi connectivity index (χ0v) is 8.94. The number of hydrogen-bond acceptors (Lipinski definition) is 2. The van der Waals surface area contributed by atoms with Gasteiger partial charge < -0.3 is 0 Å². The summed E-state index contributed by atoms with van der Waals surface area (Å²) >= 11 is 0. The van der Waals surface area contributed by atoms with Gasteiger partial charge in [-0.3, -0.25) is 0 Å². The van der Waals surface area contributed by atoms with Gasteiger partial charge in [0.15, 0.2) is 0 Å². The van der Waals surface area contributed by atoms with Crippen LogP contribution in [0.3, 0.4) is 0 Å². The molecular formula is C8H10F4S2. The van der Waals surface area contributed by atoms with Gasteiger partial charge in [-0.1, -0.05) is 21.6 Å². The van der Waals surface area contributed by atoms with Crippen LogP contribution in [0.4, 0.5) is 17.6 Å². The molecule has 82 valence electrons. The Hall–Kier alpha value is -0.100. The van der Waals surface area contributed by atoms with Crippen molar-refractivity contribution in [3.05, 3.63) is 24.3 Å². The molecule has 0 aromatic rings. The van der Waals surface area contributed by atoms with E-state index in [1.54, 1.807) is 0 Å². The van der Waals surface area contributed by atoms with Crippen LogP contribution in [0.25, 0.3) is 0 Å². The standard InChI is InChI=1S/C8H10F4S2/c9-7(10)3-1-5-13-14-6-2-4-8(11)12/h3-4H,1-2,5-6H2. The molecule has 0 atom stereocenters. The maximum absolute atomic E-state index is 11.5. The lowest BCUT2D eigenvalue weighted by atomic mass is 10.5. The van der Waals surface area contributed by atoms with E-state index in [9.17, 15) is 17.6 Å². The van der Waals surface area contributed by atoms with Crippen molar-refractivity contribution in [3.8, 4) is 0 Å². The van der Waals surface area contributed by atoms with Crippen molar-refractivity contribution >= 4 is 21.6 Å². The van der Waals surface area contributed by atoms with Gasteiger partial charge in [-0.05, 0) is 25.0 Å². The molecule has 0 aromatic carbocycles. The van der Waals surface area contributed by atoms with Crippen molar-refractivity contribution in [1.82, 2.24) is 0 Å². The minimum atomic E-state index is -1.67. The molecule has 14 heavy (non-hydrogen) atoms. The molecule has 0 nitrogen and oxygen atoms in total. The van der Waals surface area contributed by atoms with E-state index in [-0.39, 0.29) is 0 Å². The lowest BCUT2D eigenvalue weighted by Gasteiger charge is -1.95. The van der Waals surface area contributed by atoms with Crippen LogP contribution in [0.2, 0.25) is 0 Å². The Labute approximate surface area is 88.2 Å². The van der Waals surface area contributed by atoms with Crippen molar-refractivity contribution in [2.24, 2.45) is 0 Å². The summed E-state index contributed by atoms with van der Waals surface area (Å²) in [6.45, 7) is 0. The fourth-order valence-electron chi connectivity index (χ4n) is 0.550. The summed E-state index contributed by atoms with van der Waals surface area (Å²) in [6.07, 6.45) is -1.000. The number of allylic oxidation sites excluding steroid dienone is 2. The Morgan fingerprint density at radius 2 is 1.14 bits per heavy atom. The fraction of sp³-hybridized carbons (Fsp3) is 0.500. The van der Waals surface area contributed by atoms with Crippen molar-refractivity contribution < 1.29 is 17.6 Å². The molecule has 0 aliphatic heterocycles. The summed E-state index contributed by atoms with van der Waals surface area (Å²) < 4.78 is 46.0. The van der Waals surface area contributed by atoms with Crippen molar-refractivity contribution in [2.45, 2.75) is 12.8 Å². The highest BCUT2D eigenvalue weighted by atomic mass is 33.1. The first-order valence-corrected chi connectivity index (χ1v) is 6.38. The molecule has 0 fully saturated rings. The molecule has 0 radical (unpaired) electrons. The van der Waals surface area contributed by atoms with Crippen LogP contribution in [0.1, 0.15) is 12.8 Å². The Morgan fingerprint density at radius 3 is 1.43 bits per heavy atom. The van der Waals surface area contributed by atoms with E-state index < -0.39 is 12.2 Å². The molecule has 0 amide bonds. The molecule has 0 unspecified atom stereocenters. The van der Waals surface area contributed by atoms with Gasteiger partial charge in [0, 0.05) is 11.5 Å². The Morgan fingerprint density at radius 1 is 0.786 bits per heavy atom. The number of halogens is 4. The van der Waals surface area contributed by atoms with Gasteiger partial charge in [0.25, 0.3) is 12.2 Å².